The zero-order chi connectivity index (χ0) is 22.4. The molecular weight excluding hydrogens is 412 g/mol. The topological polar surface area (TPSA) is 27.7 Å². The lowest BCUT2D eigenvalue weighted by molar-refractivity contribution is 0.143. The predicted molar refractivity (Wildman–Crippen MR) is 109 cm³/mol. The Morgan fingerprint density at radius 1 is 0.839 bits per heavy atom. The van der Waals surface area contributed by atoms with Crippen molar-refractivity contribution >= 4 is 0 Å². The number of allylic oxidation sites excluding steroid dienone is 1. The van der Waals surface area contributed by atoms with Crippen LogP contribution in [-0.4, -0.2) is 20.3 Å². The van der Waals surface area contributed by atoms with Crippen molar-refractivity contribution in [2.75, 3.05) is 20.3 Å². The molecule has 3 rings (SSSR count). The smallest absolute Gasteiger partial charge is 0.204 e. The first-order valence-electron chi connectivity index (χ1n) is 10.3. The summed E-state index contributed by atoms with van der Waals surface area (Å²) in [6.45, 7) is 3.63. The molecular formula is C24H26F4O3. The van der Waals surface area contributed by atoms with E-state index in [9.17, 15) is 17.6 Å². The standard InChI is InChI=1S/C24H26F4O3/c1-3-15-4-6-16(7-5-15)18-9-8-17(21(25)22(18)26)14-31-20-11-10-19(23(27)24(20)28)30-13-12-29-2/h3,8-11,15-16H,1,4-7,12-14H2,2H3. The van der Waals surface area contributed by atoms with Crippen LogP contribution in [0.2, 0.25) is 0 Å². The molecule has 0 aliphatic heterocycles. The van der Waals surface area contributed by atoms with Crippen LogP contribution in [0, 0.1) is 29.2 Å². The first-order valence-corrected chi connectivity index (χ1v) is 10.3. The van der Waals surface area contributed by atoms with Crippen molar-refractivity contribution in [1.29, 1.82) is 0 Å². The summed E-state index contributed by atoms with van der Waals surface area (Å²) >= 11 is 0. The van der Waals surface area contributed by atoms with Gasteiger partial charge >= 0.3 is 0 Å². The molecule has 1 aliphatic rings. The van der Waals surface area contributed by atoms with E-state index in [0.717, 1.165) is 25.7 Å². The fraction of sp³-hybridized carbons (Fsp3) is 0.417. The van der Waals surface area contributed by atoms with Crippen LogP contribution in [0.1, 0.15) is 42.7 Å². The number of ether oxygens (including phenoxy) is 3. The van der Waals surface area contributed by atoms with E-state index in [1.807, 2.05) is 6.08 Å². The Bertz CT molecular complexity index is 908. The summed E-state index contributed by atoms with van der Waals surface area (Å²) in [5, 5.41) is 0. The van der Waals surface area contributed by atoms with E-state index < -0.39 is 35.6 Å². The second-order valence-corrected chi connectivity index (χ2v) is 7.61. The van der Waals surface area contributed by atoms with Crippen LogP contribution in [-0.2, 0) is 11.3 Å². The summed E-state index contributed by atoms with van der Waals surface area (Å²) < 4.78 is 72.7. The molecule has 0 saturated heterocycles. The second-order valence-electron chi connectivity index (χ2n) is 7.61. The normalized spacial score (nSPS) is 18.6. The summed E-state index contributed by atoms with van der Waals surface area (Å²) in [6.07, 6.45) is 5.25. The molecule has 1 aliphatic carbocycles. The van der Waals surface area contributed by atoms with Crippen LogP contribution in [0.4, 0.5) is 17.6 Å². The maximum Gasteiger partial charge on any atom is 0.204 e. The molecule has 2 aromatic rings. The highest BCUT2D eigenvalue weighted by atomic mass is 19.2. The summed E-state index contributed by atoms with van der Waals surface area (Å²) in [5.74, 6) is -4.72. The van der Waals surface area contributed by atoms with Crippen LogP contribution in [0.25, 0.3) is 0 Å². The molecule has 7 heteroatoms. The Labute approximate surface area is 179 Å². The quantitative estimate of drug-likeness (QED) is 0.261. The molecule has 31 heavy (non-hydrogen) atoms. The molecule has 0 atom stereocenters. The third-order valence-corrected chi connectivity index (χ3v) is 5.68. The van der Waals surface area contributed by atoms with Gasteiger partial charge < -0.3 is 14.2 Å². The Hall–Kier alpha value is -2.54. The summed E-state index contributed by atoms with van der Waals surface area (Å²) in [7, 11) is 1.46. The maximum atomic E-state index is 14.7. The Balaban J connectivity index is 1.67. The highest BCUT2D eigenvalue weighted by molar-refractivity contribution is 5.35. The van der Waals surface area contributed by atoms with Gasteiger partial charge in [-0.2, -0.15) is 8.78 Å². The minimum atomic E-state index is -1.26. The van der Waals surface area contributed by atoms with Crippen molar-refractivity contribution in [3.8, 4) is 11.5 Å². The van der Waals surface area contributed by atoms with Gasteiger partial charge in [-0.05, 0) is 55.2 Å². The lowest BCUT2D eigenvalue weighted by Crippen LogP contribution is -2.14. The van der Waals surface area contributed by atoms with Crippen molar-refractivity contribution in [3.63, 3.8) is 0 Å². The number of benzene rings is 2. The minimum Gasteiger partial charge on any atom is -0.488 e. The molecule has 168 valence electrons. The van der Waals surface area contributed by atoms with Gasteiger partial charge in [0.2, 0.25) is 11.6 Å². The molecule has 0 spiro atoms. The van der Waals surface area contributed by atoms with E-state index in [1.165, 1.54) is 25.3 Å². The molecule has 0 aromatic heterocycles. The number of hydrogen-bond donors (Lipinski definition) is 0. The van der Waals surface area contributed by atoms with Crippen molar-refractivity contribution in [2.45, 2.75) is 38.2 Å². The van der Waals surface area contributed by atoms with Gasteiger partial charge in [0.05, 0.1) is 6.61 Å². The number of halogens is 4. The van der Waals surface area contributed by atoms with Crippen LogP contribution in [0.5, 0.6) is 11.5 Å². The average Bonchev–Trinajstić information content (AvgIpc) is 2.79. The lowest BCUT2D eigenvalue weighted by atomic mass is 9.78. The maximum absolute atomic E-state index is 14.7. The van der Waals surface area contributed by atoms with Gasteiger partial charge in [0.25, 0.3) is 0 Å². The largest absolute Gasteiger partial charge is 0.488 e. The molecule has 0 unspecified atom stereocenters. The van der Waals surface area contributed by atoms with E-state index in [0.29, 0.717) is 11.5 Å². The van der Waals surface area contributed by atoms with E-state index >= 15 is 0 Å². The number of rotatable bonds is 9. The van der Waals surface area contributed by atoms with Gasteiger partial charge in [-0.15, -0.1) is 6.58 Å². The monoisotopic (exact) mass is 438 g/mol. The predicted octanol–water partition coefficient (Wildman–Crippen LogP) is 6.31. The molecule has 1 saturated carbocycles. The van der Waals surface area contributed by atoms with E-state index in [1.54, 1.807) is 6.07 Å². The molecule has 3 nitrogen and oxygen atoms in total. The highest BCUT2D eigenvalue weighted by Crippen LogP contribution is 2.38. The van der Waals surface area contributed by atoms with E-state index in [2.05, 4.69) is 6.58 Å². The molecule has 2 aromatic carbocycles. The van der Waals surface area contributed by atoms with Crippen LogP contribution in [0.3, 0.4) is 0 Å². The summed E-state index contributed by atoms with van der Waals surface area (Å²) in [5.41, 5.74) is 0.278. The molecule has 0 radical (unpaired) electrons. The van der Waals surface area contributed by atoms with E-state index in [4.69, 9.17) is 14.2 Å². The van der Waals surface area contributed by atoms with Crippen molar-refractivity contribution in [3.05, 3.63) is 71.3 Å². The molecule has 0 amide bonds. The van der Waals surface area contributed by atoms with E-state index in [-0.39, 0.29) is 30.4 Å². The third kappa shape index (κ3) is 5.39. The van der Waals surface area contributed by atoms with Gasteiger partial charge in [-0.3, -0.25) is 0 Å². The van der Waals surface area contributed by atoms with Gasteiger partial charge in [0.1, 0.15) is 13.2 Å². The Morgan fingerprint density at radius 2 is 1.48 bits per heavy atom. The third-order valence-electron chi connectivity index (χ3n) is 5.68. The molecule has 1 fully saturated rings. The second kappa shape index (κ2) is 10.7. The fourth-order valence-electron chi connectivity index (χ4n) is 3.82. The van der Waals surface area contributed by atoms with Crippen LogP contribution < -0.4 is 9.47 Å². The first kappa shape index (κ1) is 23.1. The van der Waals surface area contributed by atoms with Crippen molar-refractivity contribution in [1.82, 2.24) is 0 Å². The lowest BCUT2D eigenvalue weighted by Gasteiger charge is -2.27. The average molecular weight is 438 g/mol. The van der Waals surface area contributed by atoms with Gasteiger partial charge in [0.15, 0.2) is 23.1 Å². The Morgan fingerprint density at radius 3 is 2.10 bits per heavy atom. The molecule has 0 heterocycles. The van der Waals surface area contributed by atoms with Crippen LogP contribution >= 0.6 is 0 Å². The zero-order valence-electron chi connectivity index (χ0n) is 17.4. The molecule has 0 bridgehead atoms. The molecule has 0 N–H and O–H groups in total. The highest BCUT2D eigenvalue weighted by Gasteiger charge is 2.25. The summed E-state index contributed by atoms with van der Waals surface area (Å²) in [4.78, 5) is 0. The van der Waals surface area contributed by atoms with Crippen molar-refractivity contribution < 1.29 is 31.8 Å². The number of hydrogen-bond acceptors (Lipinski definition) is 3. The Kier molecular flexibility index (Phi) is 7.96. The minimum absolute atomic E-state index is 0.0436. The number of methoxy groups -OCH3 is 1. The van der Waals surface area contributed by atoms with Gasteiger partial charge in [0, 0.05) is 12.7 Å². The van der Waals surface area contributed by atoms with Crippen LogP contribution in [0.15, 0.2) is 36.9 Å². The fourth-order valence-corrected chi connectivity index (χ4v) is 3.82. The zero-order valence-corrected chi connectivity index (χ0v) is 17.4. The first-order chi connectivity index (χ1) is 15.0. The summed E-state index contributed by atoms with van der Waals surface area (Å²) in [6, 6.07) is 5.38. The van der Waals surface area contributed by atoms with Gasteiger partial charge in [-0.1, -0.05) is 18.2 Å². The van der Waals surface area contributed by atoms with Crippen molar-refractivity contribution in [2.24, 2.45) is 5.92 Å². The van der Waals surface area contributed by atoms with Gasteiger partial charge in [-0.25, -0.2) is 8.78 Å². The SMILES string of the molecule is C=CC1CCC(c2ccc(COc3ccc(OCCOC)c(F)c3F)c(F)c2F)CC1.